The Balaban J connectivity index is 2.42. The minimum absolute atomic E-state index is 0.123. The van der Waals surface area contributed by atoms with Crippen LogP contribution in [-0.2, 0) is 5.32 Å². The molecular weight excluding hydrogens is 263 g/mol. The van der Waals surface area contributed by atoms with Crippen LogP contribution in [0.25, 0.3) is 0 Å². The number of allylic oxidation sites excluding steroid dienone is 2. The number of rotatable bonds is 0. The number of ketones is 1. The molecule has 0 amide bonds. The van der Waals surface area contributed by atoms with Crippen LogP contribution in [0.5, 0.6) is 0 Å². The zero-order valence-corrected chi connectivity index (χ0v) is 11.6. The molecule has 1 heterocycles. The third-order valence-electron chi connectivity index (χ3n) is 2.67. The van der Waals surface area contributed by atoms with Crippen molar-refractivity contribution < 1.29 is 4.79 Å². The Kier molecular flexibility index (Phi) is 3.05. The Morgan fingerprint density at radius 1 is 1.19 bits per heavy atom. The maximum atomic E-state index is 12.1. The van der Waals surface area contributed by atoms with Crippen LogP contribution < -0.4 is 0 Å². The molecule has 1 aliphatic rings. The van der Waals surface area contributed by atoms with Gasteiger partial charge in [0.15, 0.2) is 0 Å². The van der Waals surface area contributed by atoms with E-state index in [0.29, 0.717) is 15.0 Å². The molecule has 2 rings (SSSR count). The molecule has 0 saturated carbocycles. The summed E-state index contributed by atoms with van der Waals surface area (Å²) in [6, 6.07) is 7.98. The summed E-state index contributed by atoms with van der Waals surface area (Å²) in [6.45, 7) is 6.55. The molecule has 0 bridgehead atoms. The maximum absolute atomic E-state index is 12.1. The second-order valence-corrected chi connectivity index (χ2v) is 7.20. The first-order valence-corrected chi connectivity index (χ1v) is 7.52. The molecule has 0 atom stereocenters. The molecule has 0 aromatic heterocycles. The number of hydrogen-bond donors (Lipinski definition) is 0. The van der Waals surface area contributed by atoms with Crippen LogP contribution in [0.1, 0.15) is 36.7 Å². The number of benzene rings is 1. The third-order valence-corrected chi connectivity index (χ3v) is 5.81. The molecule has 0 aliphatic carbocycles. The first-order valence-electron chi connectivity index (χ1n) is 5.46. The average molecular weight is 279 g/mol. The van der Waals surface area contributed by atoms with Gasteiger partial charge in [-0.05, 0) is 0 Å². The molecule has 0 spiro atoms. The van der Waals surface area contributed by atoms with Gasteiger partial charge >= 0.3 is 103 Å². The Morgan fingerprint density at radius 3 is 2.56 bits per heavy atom. The summed E-state index contributed by atoms with van der Waals surface area (Å²) in [5.74, 6) is 0.180. The fourth-order valence-corrected chi connectivity index (χ4v) is 4.20. The molecule has 0 unspecified atom stereocenters. The van der Waals surface area contributed by atoms with E-state index in [1.807, 2.05) is 24.3 Å². The molecule has 84 valence electrons. The van der Waals surface area contributed by atoms with Gasteiger partial charge in [-0.3, -0.25) is 0 Å². The fourth-order valence-electron chi connectivity index (χ4n) is 1.71. The Morgan fingerprint density at radius 2 is 1.88 bits per heavy atom. The van der Waals surface area contributed by atoms with E-state index in [4.69, 9.17) is 0 Å². The topological polar surface area (TPSA) is 17.1 Å². The van der Waals surface area contributed by atoms with Crippen molar-refractivity contribution in [3.63, 3.8) is 0 Å². The Bertz CT molecular complexity index is 452. The van der Waals surface area contributed by atoms with Gasteiger partial charge in [-0.25, -0.2) is 0 Å². The van der Waals surface area contributed by atoms with E-state index in [-0.39, 0.29) is 11.2 Å². The second kappa shape index (κ2) is 4.20. The van der Waals surface area contributed by atoms with Crippen molar-refractivity contribution in [2.75, 3.05) is 0 Å². The molecule has 0 fully saturated rings. The van der Waals surface area contributed by atoms with Crippen molar-refractivity contribution in [3.05, 3.63) is 45.9 Å². The number of fused-ring (bicyclic) bond motifs is 1. The summed E-state index contributed by atoms with van der Waals surface area (Å²) in [6.07, 6.45) is 1.87. The van der Waals surface area contributed by atoms with Gasteiger partial charge in [0.2, 0.25) is 0 Å². The van der Waals surface area contributed by atoms with E-state index in [0.717, 1.165) is 10.9 Å². The van der Waals surface area contributed by atoms with E-state index in [1.54, 1.807) is 0 Å². The summed E-state index contributed by atoms with van der Waals surface area (Å²) in [4.78, 5) is 12.1. The summed E-state index contributed by atoms with van der Waals surface area (Å²) >= 11 is 0.403. The molecule has 1 aliphatic heterocycles. The van der Waals surface area contributed by atoms with Gasteiger partial charge in [0.05, 0.1) is 0 Å². The quantitative estimate of drug-likeness (QED) is 0.667. The second-order valence-electron chi connectivity index (χ2n) is 5.07. The SMILES string of the molecule is CC(C)(C)C1=CC(=O)c2ccccc2C[Se]1. The van der Waals surface area contributed by atoms with Crippen LogP contribution in [0.3, 0.4) is 0 Å². The predicted molar refractivity (Wildman–Crippen MR) is 67.8 cm³/mol. The molecular formula is C14H16OSe. The summed E-state index contributed by atoms with van der Waals surface area (Å²) in [7, 11) is 0. The van der Waals surface area contributed by atoms with Crippen LogP contribution in [0.15, 0.2) is 34.8 Å². The fraction of sp³-hybridized carbons (Fsp3) is 0.357. The van der Waals surface area contributed by atoms with Gasteiger partial charge in [-0.2, -0.15) is 0 Å². The zero-order chi connectivity index (χ0) is 11.8. The monoisotopic (exact) mass is 280 g/mol. The van der Waals surface area contributed by atoms with Gasteiger partial charge in [0, 0.05) is 0 Å². The first kappa shape index (κ1) is 11.6. The van der Waals surface area contributed by atoms with E-state index < -0.39 is 0 Å². The van der Waals surface area contributed by atoms with Gasteiger partial charge in [-0.1, -0.05) is 0 Å². The zero-order valence-electron chi connectivity index (χ0n) is 9.91. The van der Waals surface area contributed by atoms with E-state index in [2.05, 4.69) is 26.8 Å². The molecule has 1 nitrogen and oxygen atoms in total. The standard InChI is InChI=1S/C14H16OSe/c1-14(2,3)13-8-12(15)11-7-5-4-6-10(11)9-16-13/h4-8H,9H2,1-3H3. The molecule has 1 aromatic rings. The van der Waals surface area contributed by atoms with Crippen LogP contribution in [0, 0.1) is 5.41 Å². The first-order chi connectivity index (χ1) is 7.48. The van der Waals surface area contributed by atoms with Crippen LogP contribution in [0.2, 0.25) is 0 Å². The van der Waals surface area contributed by atoms with Crippen molar-refractivity contribution in [2.24, 2.45) is 5.41 Å². The Labute approximate surface area is 103 Å². The number of carbonyl (C=O) groups is 1. The van der Waals surface area contributed by atoms with Gasteiger partial charge in [0.25, 0.3) is 0 Å². The minimum atomic E-state index is 0.123. The van der Waals surface area contributed by atoms with E-state index >= 15 is 0 Å². The normalized spacial score (nSPS) is 16.4. The van der Waals surface area contributed by atoms with Gasteiger partial charge in [0.1, 0.15) is 0 Å². The van der Waals surface area contributed by atoms with Crippen LogP contribution >= 0.6 is 0 Å². The third kappa shape index (κ3) is 2.28. The van der Waals surface area contributed by atoms with Crippen molar-refractivity contribution >= 4 is 20.7 Å². The number of carbonyl (C=O) groups excluding carboxylic acids is 1. The van der Waals surface area contributed by atoms with Crippen molar-refractivity contribution in [2.45, 2.75) is 26.1 Å². The molecule has 0 N–H and O–H groups in total. The predicted octanol–water partition coefficient (Wildman–Crippen LogP) is 3.02. The van der Waals surface area contributed by atoms with Crippen LogP contribution in [0.4, 0.5) is 0 Å². The van der Waals surface area contributed by atoms with E-state index in [9.17, 15) is 4.79 Å². The Hall–Kier alpha value is -0.851. The summed E-state index contributed by atoms with van der Waals surface area (Å²) in [5.41, 5.74) is 2.23. The molecule has 16 heavy (non-hydrogen) atoms. The van der Waals surface area contributed by atoms with Crippen LogP contribution in [-0.4, -0.2) is 20.7 Å². The van der Waals surface area contributed by atoms with Crippen molar-refractivity contribution in [3.8, 4) is 0 Å². The van der Waals surface area contributed by atoms with E-state index in [1.165, 1.54) is 10.0 Å². The molecule has 2 heteroatoms. The van der Waals surface area contributed by atoms with Gasteiger partial charge in [-0.15, -0.1) is 0 Å². The molecule has 1 aromatic carbocycles. The molecule has 0 saturated heterocycles. The van der Waals surface area contributed by atoms with Crippen molar-refractivity contribution in [1.29, 1.82) is 0 Å². The van der Waals surface area contributed by atoms with Gasteiger partial charge < -0.3 is 0 Å². The summed E-state index contributed by atoms with van der Waals surface area (Å²) in [5, 5.41) is 1.04. The van der Waals surface area contributed by atoms with Crippen molar-refractivity contribution in [1.82, 2.24) is 0 Å². The molecule has 0 radical (unpaired) electrons. The number of hydrogen-bond acceptors (Lipinski definition) is 1. The summed E-state index contributed by atoms with van der Waals surface area (Å²) < 4.78 is 1.32. The average Bonchev–Trinajstić information content (AvgIpc) is 2.38.